The number of rotatable bonds is 7. The van der Waals surface area contributed by atoms with Crippen molar-refractivity contribution in [3.05, 3.63) is 41.9 Å². The fourth-order valence-electron chi connectivity index (χ4n) is 3.22. The summed E-state index contributed by atoms with van der Waals surface area (Å²) < 4.78 is 5.58. The van der Waals surface area contributed by atoms with Crippen LogP contribution < -0.4 is 0 Å². The van der Waals surface area contributed by atoms with Gasteiger partial charge in [-0.3, -0.25) is 14.7 Å². The molecule has 7 heteroatoms. The van der Waals surface area contributed by atoms with Gasteiger partial charge in [0.2, 0.25) is 17.7 Å². The first kappa shape index (κ1) is 17.5. The molecule has 1 amide bonds. The molecular weight excluding hydrogens is 318 g/mol. The molecule has 2 aromatic heterocycles. The summed E-state index contributed by atoms with van der Waals surface area (Å²) in [6.07, 6.45) is 6.46. The maximum absolute atomic E-state index is 13.3. The number of carbonyl (C=O) groups is 1. The van der Waals surface area contributed by atoms with Crippen LogP contribution in [0.4, 0.5) is 0 Å². The first-order chi connectivity index (χ1) is 12.2. The van der Waals surface area contributed by atoms with Gasteiger partial charge in [-0.2, -0.15) is 0 Å². The number of pyridine rings is 1. The minimum absolute atomic E-state index is 0.0636. The van der Waals surface area contributed by atoms with Crippen LogP contribution in [-0.4, -0.2) is 50.5 Å². The molecule has 7 nitrogen and oxygen atoms in total. The van der Waals surface area contributed by atoms with Gasteiger partial charge in [-0.15, -0.1) is 10.2 Å². The maximum Gasteiger partial charge on any atom is 0.245 e. The standard InChI is InChI=1S/C18H25N5O2/c1-3-15-20-21-16(25-15)13-22(4-2)18(24)17(23-10-5-6-11-23)14-8-7-9-19-12-14/h7-9,12,17H,3-6,10-11,13H2,1-2H3/t17-/m1/s1. The van der Waals surface area contributed by atoms with Crippen molar-refractivity contribution in [2.75, 3.05) is 19.6 Å². The van der Waals surface area contributed by atoms with Crippen LogP contribution in [0.25, 0.3) is 0 Å². The normalized spacial score (nSPS) is 16.1. The van der Waals surface area contributed by atoms with Gasteiger partial charge in [0.15, 0.2) is 0 Å². The van der Waals surface area contributed by atoms with Crippen LogP contribution in [0, 0.1) is 0 Å². The quantitative estimate of drug-likeness (QED) is 0.767. The molecule has 1 atom stereocenters. The summed E-state index contributed by atoms with van der Waals surface area (Å²) in [5.74, 6) is 1.15. The van der Waals surface area contributed by atoms with Crippen LogP contribution in [0.15, 0.2) is 28.9 Å². The van der Waals surface area contributed by atoms with Crippen molar-refractivity contribution in [3.8, 4) is 0 Å². The second-order valence-corrected chi connectivity index (χ2v) is 6.23. The summed E-state index contributed by atoms with van der Waals surface area (Å²) >= 11 is 0. The summed E-state index contributed by atoms with van der Waals surface area (Å²) in [6.45, 7) is 6.73. The smallest absolute Gasteiger partial charge is 0.245 e. The van der Waals surface area contributed by atoms with Crippen LogP contribution in [0.3, 0.4) is 0 Å². The molecular formula is C18H25N5O2. The lowest BCUT2D eigenvalue weighted by molar-refractivity contribution is -0.137. The van der Waals surface area contributed by atoms with Crippen LogP contribution in [0.2, 0.25) is 0 Å². The van der Waals surface area contributed by atoms with Gasteiger partial charge in [-0.25, -0.2) is 0 Å². The van der Waals surface area contributed by atoms with E-state index in [2.05, 4.69) is 20.1 Å². The molecule has 0 aromatic carbocycles. The van der Waals surface area contributed by atoms with Crippen molar-refractivity contribution in [1.82, 2.24) is 25.0 Å². The predicted octanol–water partition coefficient (Wildman–Crippen LogP) is 2.21. The molecule has 25 heavy (non-hydrogen) atoms. The molecule has 1 fully saturated rings. The molecule has 1 saturated heterocycles. The summed E-state index contributed by atoms with van der Waals surface area (Å²) in [4.78, 5) is 21.5. The molecule has 0 unspecified atom stereocenters. The molecule has 0 N–H and O–H groups in total. The number of likely N-dealkylation sites (N-methyl/N-ethyl adjacent to an activating group) is 1. The van der Waals surface area contributed by atoms with Crippen LogP contribution in [0.5, 0.6) is 0 Å². The Bertz CT molecular complexity index is 682. The number of aromatic nitrogens is 3. The average molecular weight is 343 g/mol. The van der Waals surface area contributed by atoms with E-state index < -0.39 is 0 Å². The van der Waals surface area contributed by atoms with Crippen LogP contribution >= 0.6 is 0 Å². The molecule has 134 valence electrons. The summed E-state index contributed by atoms with van der Waals surface area (Å²) in [5.41, 5.74) is 0.938. The third-order valence-electron chi connectivity index (χ3n) is 4.57. The third-order valence-corrected chi connectivity index (χ3v) is 4.57. The van der Waals surface area contributed by atoms with E-state index in [1.165, 1.54) is 0 Å². The Labute approximate surface area is 148 Å². The highest BCUT2D eigenvalue weighted by atomic mass is 16.4. The minimum Gasteiger partial charge on any atom is -0.423 e. The molecule has 0 radical (unpaired) electrons. The second kappa shape index (κ2) is 8.20. The van der Waals surface area contributed by atoms with Crippen molar-refractivity contribution < 1.29 is 9.21 Å². The van der Waals surface area contributed by atoms with Crippen molar-refractivity contribution in [1.29, 1.82) is 0 Å². The van der Waals surface area contributed by atoms with Crippen molar-refractivity contribution in [2.45, 2.75) is 45.7 Å². The van der Waals surface area contributed by atoms with E-state index in [0.717, 1.165) is 31.5 Å². The van der Waals surface area contributed by atoms with E-state index in [9.17, 15) is 4.79 Å². The molecule has 1 aliphatic heterocycles. The van der Waals surface area contributed by atoms with Gasteiger partial charge < -0.3 is 9.32 Å². The van der Waals surface area contributed by atoms with E-state index in [1.54, 1.807) is 17.3 Å². The maximum atomic E-state index is 13.3. The summed E-state index contributed by atoms with van der Waals surface area (Å²) in [6, 6.07) is 3.56. The Balaban J connectivity index is 1.81. The fourth-order valence-corrected chi connectivity index (χ4v) is 3.22. The average Bonchev–Trinajstić information content (AvgIpc) is 3.32. The van der Waals surface area contributed by atoms with Crippen molar-refractivity contribution in [2.24, 2.45) is 0 Å². The van der Waals surface area contributed by atoms with Gasteiger partial charge in [0, 0.05) is 25.4 Å². The fraction of sp³-hybridized carbons (Fsp3) is 0.556. The molecule has 0 bridgehead atoms. The van der Waals surface area contributed by atoms with Crippen molar-refractivity contribution >= 4 is 5.91 Å². The topological polar surface area (TPSA) is 75.4 Å². The lowest BCUT2D eigenvalue weighted by Crippen LogP contribution is -2.42. The number of amides is 1. The molecule has 0 aliphatic carbocycles. The molecule has 0 spiro atoms. The zero-order valence-corrected chi connectivity index (χ0v) is 14.9. The first-order valence-corrected chi connectivity index (χ1v) is 8.97. The van der Waals surface area contributed by atoms with E-state index in [1.807, 2.05) is 26.0 Å². The molecule has 2 aromatic rings. The zero-order valence-electron chi connectivity index (χ0n) is 14.9. The first-order valence-electron chi connectivity index (χ1n) is 8.97. The lowest BCUT2D eigenvalue weighted by Gasteiger charge is -2.31. The summed E-state index contributed by atoms with van der Waals surface area (Å²) in [5, 5.41) is 8.04. The largest absolute Gasteiger partial charge is 0.423 e. The zero-order chi connectivity index (χ0) is 17.6. The Kier molecular flexibility index (Phi) is 5.75. The van der Waals surface area contributed by atoms with Crippen LogP contribution in [-0.2, 0) is 17.8 Å². The Morgan fingerprint density at radius 3 is 2.64 bits per heavy atom. The highest BCUT2D eigenvalue weighted by Crippen LogP contribution is 2.27. The minimum atomic E-state index is -0.301. The van der Waals surface area contributed by atoms with Gasteiger partial charge in [0.25, 0.3) is 0 Å². The second-order valence-electron chi connectivity index (χ2n) is 6.23. The van der Waals surface area contributed by atoms with E-state index in [0.29, 0.717) is 31.3 Å². The van der Waals surface area contributed by atoms with Crippen LogP contribution in [0.1, 0.15) is 50.1 Å². The van der Waals surface area contributed by atoms with Gasteiger partial charge in [-0.1, -0.05) is 13.0 Å². The number of nitrogens with zero attached hydrogens (tertiary/aromatic N) is 5. The molecule has 3 heterocycles. The van der Waals surface area contributed by atoms with Crippen molar-refractivity contribution in [3.63, 3.8) is 0 Å². The number of hydrogen-bond acceptors (Lipinski definition) is 6. The van der Waals surface area contributed by atoms with Gasteiger partial charge in [0.1, 0.15) is 6.04 Å². The Morgan fingerprint density at radius 1 is 1.28 bits per heavy atom. The SMILES string of the molecule is CCc1nnc(CN(CC)C(=O)[C@@H](c2cccnc2)N2CCCC2)o1. The summed E-state index contributed by atoms with van der Waals surface area (Å²) in [7, 11) is 0. The molecule has 0 saturated carbocycles. The van der Waals surface area contributed by atoms with Gasteiger partial charge >= 0.3 is 0 Å². The van der Waals surface area contributed by atoms with Gasteiger partial charge in [0.05, 0.1) is 6.54 Å². The predicted molar refractivity (Wildman–Crippen MR) is 92.6 cm³/mol. The highest BCUT2D eigenvalue weighted by molar-refractivity contribution is 5.83. The molecule has 1 aliphatic rings. The van der Waals surface area contributed by atoms with E-state index in [4.69, 9.17) is 4.42 Å². The Hall–Kier alpha value is -2.28. The Morgan fingerprint density at radius 2 is 2.04 bits per heavy atom. The number of likely N-dealkylation sites (tertiary alicyclic amines) is 1. The number of hydrogen-bond donors (Lipinski definition) is 0. The van der Waals surface area contributed by atoms with E-state index >= 15 is 0 Å². The molecule has 3 rings (SSSR count). The lowest BCUT2D eigenvalue weighted by atomic mass is 10.1. The van der Waals surface area contributed by atoms with E-state index in [-0.39, 0.29) is 11.9 Å². The highest BCUT2D eigenvalue weighted by Gasteiger charge is 2.33. The number of aryl methyl sites for hydroxylation is 1. The number of carbonyl (C=O) groups excluding carboxylic acids is 1. The third kappa shape index (κ3) is 4.04. The van der Waals surface area contributed by atoms with Gasteiger partial charge in [-0.05, 0) is 44.5 Å². The monoisotopic (exact) mass is 343 g/mol.